The molecule has 0 aromatic carbocycles. The number of carboxylic acid groups (broad SMARTS) is 1. The van der Waals surface area contributed by atoms with Gasteiger partial charge in [0.05, 0.1) is 5.69 Å². The van der Waals surface area contributed by atoms with Crippen molar-refractivity contribution in [3.8, 4) is 0 Å². The smallest absolute Gasteiger partial charge is 0.411 e. The van der Waals surface area contributed by atoms with Gasteiger partial charge in [0.15, 0.2) is 0 Å². The van der Waals surface area contributed by atoms with Gasteiger partial charge in [-0.15, -0.1) is 11.3 Å². The summed E-state index contributed by atoms with van der Waals surface area (Å²) >= 11 is 1.10. The van der Waals surface area contributed by atoms with E-state index in [4.69, 9.17) is 9.84 Å². The number of nitrogens with one attached hydrogen (secondary N) is 1. The maximum absolute atomic E-state index is 11.2. The Morgan fingerprint density at radius 3 is 2.88 bits per heavy atom. The molecule has 1 rings (SSSR count). The number of carbonyl (C=O) groups excluding carboxylic acids is 1. The minimum Gasteiger partial charge on any atom is -0.477 e. The van der Waals surface area contributed by atoms with E-state index in [1.54, 1.807) is 6.92 Å². The summed E-state index contributed by atoms with van der Waals surface area (Å²) in [7, 11) is 0. The molecule has 0 unspecified atom stereocenters. The van der Waals surface area contributed by atoms with Crippen LogP contribution in [-0.4, -0.2) is 23.8 Å². The van der Waals surface area contributed by atoms with Crippen molar-refractivity contribution >= 4 is 29.1 Å². The summed E-state index contributed by atoms with van der Waals surface area (Å²) in [6.45, 7) is 5.24. The van der Waals surface area contributed by atoms with E-state index in [2.05, 4.69) is 11.9 Å². The van der Waals surface area contributed by atoms with Crippen molar-refractivity contribution in [2.45, 2.75) is 6.92 Å². The predicted molar refractivity (Wildman–Crippen MR) is 61.2 cm³/mol. The van der Waals surface area contributed by atoms with Crippen LogP contribution in [0.5, 0.6) is 0 Å². The third-order valence-corrected chi connectivity index (χ3v) is 2.74. The highest BCUT2D eigenvalue weighted by Crippen LogP contribution is 2.26. The molecule has 0 aliphatic rings. The Balaban J connectivity index is 2.70. The number of carbonyl (C=O) groups is 2. The fraction of sp³-hybridized carbons (Fsp3) is 0.200. The number of hydrogen-bond donors (Lipinski definition) is 2. The molecule has 16 heavy (non-hydrogen) atoms. The van der Waals surface area contributed by atoms with Crippen LogP contribution in [0.1, 0.15) is 14.5 Å². The molecule has 1 aromatic heterocycles. The topological polar surface area (TPSA) is 75.6 Å². The molecule has 0 aliphatic carbocycles. The zero-order valence-electron chi connectivity index (χ0n) is 8.65. The molecule has 0 spiro atoms. The molecule has 2 N–H and O–H groups in total. The molecule has 0 radical (unpaired) electrons. The molecule has 0 bridgehead atoms. The molecular weight excluding hydrogens is 230 g/mol. The molecule has 86 valence electrons. The number of aromatic carboxylic acids is 1. The van der Waals surface area contributed by atoms with Crippen molar-refractivity contribution in [1.82, 2.24) is 0 Å². The standard InChI is InChI=1S/C10H11NO4S/c1-3-4-15-10(14)11-7-5-8(9(12)13)16-6(7)2/h3,5H,1,4H2,2H3,(H,11,14)(H,12,13). The summed E-state index contributed by atoms with van der Waals surface area (Å²) in [6, 6.07) is 1.40. The highest BCUT2D eigenvalue weighted by Gasteiger charge is 2.13. The van der Waals surface area contributed by atoms with Crippen molar-refractivity contribution in [1.29, 1.82) is 0 Å². The Hall–Kier alpha value is -1.82. The average Bonchev–Trinajstić information content (AvgIpc) is 2.57. The van der Waals surface area contributed by atoms with Crippen molar-refractivity contribution in [3.63, 3.8) is 0 Å². The van der Waals surface area contributed by atoms with Crippen molar-refractivity contribution < 1.29 is 19.4 Å². The molecule has 1 amide bonds. The Morgan fingerprint density at radius 1 is 1.69 bits per heavy atom. The van der Waals surface area contributed by atoms with Crippen LogP contribution >= 0.6 is 11.3 Å². The van der Waals surface area contributed by atoms with Gasteiger partial charge >= 0.3 is 12.1 Å². The van der Waals surface area contributed by atoms with Gasteiger partial charge in [-0.25, -0.2) is 9.59 Å². The van der Waals surface area contributed by atoms with Gasteiger partial charge in [-0.1, -0.05) is 12.7 Å². The number of thiophene rings is 1. The maximum Gasteiger partial charge on any atom is 0.411 e. The predicted octanol–water partition coefficient (Wildman–Crippen LogP) is 2.49. The monoisotopic (exact) mass is 241 g/mol. The first kappa shape index (κ1) is 12.3. The first-order chi connectivity index (χ1) is 7.54. The third kappa shape index (κ3) is 3.09. The number of ether oxygens (including phenoxy) is 1. The molecule has 0 saturated carbocycles. The summed E-state index contributed by atoms with van der Waals surface area (Å²) < 4.78 is 4.71. The molecule has 0 atom stereocenters. The number of carboxylic acids is 1. The number of rotatable bonds is 4. The summed E-state index contributed by atoms with van der Waals surface area (Å²) in [5, 5.41) is 11.2. The first-order valence-corrected chi connectivity index (χ1v) is 5.24. The number of anilines is 1. The fourth-order valence-corrected chi connectivity index (χ4v) is 1.81. The quantitative estimate of drug-likeness (QED) is 0.794. The summed E-state index contributed by atoms with van der Waals surface area (Å²) in [5.74, 6) is -1.01. The van der Waals surface area contributed by atoms with Crippen LogP contribution in [0.15, 0.2) is 18.7 Å². The lowest BCUT2D eigenvalue weighted by Crippen LogP contribution is -2.13. The number of hydrogen-bond acceptors (Lipinski definition) is 4. The van der Waals surface area contributed by atoms with E-state index >= 15 is 0 Å². The molecule has 0 fully saturated rings. The van der Waals surface area contributed by atoms with Crippen LogP contribution in [-0.2, 0) is 4.74 Å². The minimum atomic E-state index is -1.01. The van der Waals surface area contributed by atoms with Crippen molar-refractivity contribution in [3.05, 3.63) is 28.5 Å². The van der Waals surface area contributed by atoms with Gasteiger partial charge in [-0.2, -0.15) is 0 Å². The van der Waals surface area contributed by atoms with E-state index in [-0.39, 0.29) is 11.5 Å². The van der Waals surface area contributed by atoms with Crippen LogP contribution in [0.2, 0.25) is 0 Å². The molecular formula is C10H11NO4S. The van der Waals surface area contributed by atoms with E-state index in [1.165, 1.54) is 12.1 Å². The van der Waals surface area contributed by atoms with Gasteiger partial charge in [0.2, 0.25) is 0 Å². The SMILES string of the molecule is C=CCOC(=O)Nc1cc(C(=O)O)sc1C. The highest BCUT2D eigenvalue weighted by molar-refractivity contribution is 7.14. The van der Waals surface area contributed by atoms with Gasteiger partial charge < -0.3 is 9.84 Å². The van der Waals surface area contributed by atoms with E-state index in [0.717, 1.165) is 11.3 Å². The first-order valence-electron chi connectivity index (χ1n) is 4.43. The lowest BCUT2D eigenvalue weighted by atomic mass is 10.3. The van der Waals surface area contributed by atoms with E-state index in [0.29, 0.717) is 10.6 Å². The van der Waals surface area contributed by atoms with Crippen LogP contribution in [0.4, 0.5) is 10.5 Å². The molecule has 6 heteroatoms. The molecule has 5 nitrogen and oxygen atoms in total. The minimum absolute atomic E-state index is 0.112. The van der Waals surface area contributed by atoms with E-state index in [1.807, 2.05) is 0 Å². The number of aryl methyl sites for hydroxylation is 1. The van der Waals surface area contributed by atoms with Gasteiger partial charge in [0.1, 0.15) is 11.5 Å². The van der Waals surface area contributed by atoms with E-state index in [9.17, 15) is 9.59 Å². The maximum atomic E-state index is 11.2. The summed E-state index contributed by atoms with van der Waals surface area (Å²) in [4.78, 5) is 22.7. The Labute approximate surface area is 96.4 Å². The van der Waals surface area contributed by atoms with Crippen LogP contribution in [0.25, 0.3) is 0 Å². The van der Waals surface area contributed by atoms with Gasteiger partial charge in [0, 0.05) is 4.88 Å². The second-order valence-corrected chi connectivity index (χ2v) is 4.15. The molecule has 0 saturated heterocycles. The Kier molecular flexibility index (Phi) is 4.07. The van der Waals surface area contributed by atoms with Crippen LogP contribution < -0.4 is 5.32 Å². The normalized spacial score (nSPS) is 9.56. The second-order valence-electron chi connectivity index (χ2n) is 2.90. The van der Waals surface area contributed by atoms with Crippen LogP contribution in [0, 0.1) is 6.92 Å². The zero-order valence-corrected chi connectivity index (χ0v) is 9.47. The van der Waals surface area contributed by atoms with Crippen molar-refractivity contribution in [2.24, 2.45) is 0 Å². The Morgan fingerprint density at radius 2 is 2.38 bits per heavy atom. The van der Waals surface area contributed by atoms with Gasteiger partial charge in [-0.05, 0) is 13.0 Å². The van der Waals surface area contributed by atoms with Gasteiger partial charge in [0.25, 0.3) is 0 Å². The largest absolute Gasteiger partial charge is 0.477 e. The van der Waals surface area contributed by atoms with Gasteiger partial charge in [-0.3, -0.25) is 5.32 Å². The fourth-order valence-electron chi connectivity index (χ4n) is 0.992. The van der Waals surface area contributed by atoms with E-state index < -0.39 is 12.1 Å². The van der Waals surface area contributed by atoms with Crippen molar-refractivity contribution in [2.75, 3.05) is 11.9 Å². The third-order valence-electron chi connectivity index (χ3n) is 1.70. The Bertz CT molecular complexity index is 424. The van der Waals surface area contributed by atoms with Crippen LogP contribution in [0.3, 0.4) is 0 Å². The average molecular weight is 241 g/mol. The summed E-state index contributed by atoms with van der Waals surface area (Å²) in [5.41, 5.74) is 0.455. The molecule has 0 aliphatic heterocycles. The highest BCUT2D eigenvalue weighted by atomic mass is 32.1. The second kappa shape index (κ2) is 5.32. The molecule has 1 heterocycles. The molecule has 1 aromatic rings. The lowest BCUT2D eigenvalue weighted by Gasteiger charge is -2.03. The number of amides is 1. The lowest BCUT2D eigenvalue weighted by molar-refractivity contribution is 0.0702. The zero-order chi connectivity index (χ0) is 12.1. The summed E-state index contributed by atoms with van der Waals surface area (Å²) in [6.07, 6.45) is 0.820.